The van der Waals surface area contributed by atoms with Gasteiger partial charge in [-0.15, -0.1) is 0 Å². The van der Waals surface area contributed by atoms with E-state index in [-0.39, 0.29) is 29.7 Å². The maximum atomic E-state index is 12.3. The Morgan fingerprint density at radius 3 is 2.21 bits per heavy atom. The number of carbonyl (C=O) groups is 3. The minimum absolute atomic E-state index is 0.0203. The summed E-state index contributed by atoms with van der Waals surface area (Å²) in [4.78, 5) is 37.9. The summed E-state index contributed by atoms with van der Waals surface area (Å²) < 4.78 is 0. The van der Waals surface area contributed by atoms with E-state index < -0.39 is 0 Å². The first kappa shape index (κ1) is 20.6. The van der Waals surface area contributed by atoms with Gasteiger partial charge >= 0.3 is 0 Å². The Kier molecular flexibility index (Phi) is 6.01. The maximum absolute atomic E-state index is 12.3. The first-order valence-corrected chi connectivity index (χ1v) is 9.83. The molecule has 29 heavy (non-hydrogen) atoms. The summed E-state index contributed by atoms with van der Waals surface area (Å²) in [6.07, 6.45) is 1.45. The van der Waals surface area contributed by atoms with Crippen LogP contribution in [-0.2, 0) is 15.0 Å². The van der Waals surface area contributed by atoms with Crippen LogP contribution in [-0.4, -0.2) is 30.8 Å². The van der Waals surface area contributed by atoms with Crippen LogP contribution < -0.4 is 15.5 Å². The van der Waals surface area contributed by atoms with E-state index in [0.717, 1.165) is 24.2 Å². The molecular weight excluding hydrogens is 366 g/mol. The van der Waals surface area contributed by atoms with Crippen LogP contribution in [0.1, 0.15) is 49.5 Å². The number of nitrogens with zero attached hydrogens (tertiary/aromatic N) is 1. The Hall–Kier alpha value is -3.15. The standard InChI is InChI=1S/C23H27N3O3/c1-23(2,3)17-8-6-16(7-9-17)22(29)24-15-20(27)25-18-10-12-19(13-11-18)26-14-4-5-21(26)28/h6-13H,4-5,14-15H2,1-3H3,(H,24,29)(H,25,27). The molecule has 6 nitrogen and oxygen atoms in total. The van der Waals surface area contributed by atoms with Gasteiger partial charge in [0, 0.05) is 29.9 Å². The fraction of sp³-hybridized carbons (Fsp3) is 0.348. The Balaban J connectivity index is 1.50. The molecule has 1 fully saturated rings. The monoisotopic (exact) mass is 393 g/mol. The molecule has 0 aliphatic carbocycles. The van der Waals surface area contributed by atoms with Crippen molar-refractivity contribution < 1.29 is 14.4 Å². The van der Waals surface area contributed by atoms with Gasteiger partial charge in [-0.2, -0.15) is 0 Å². The van der Waals surface area contributed by atoms with Crippen molar-refractivity contribution in [2.75, 3.05) is 23.3 Å². The van der Waals surface area contributed by atoms with Gasteiger partial charge in [0.1, 0.15) is 0 Å². The van der Waals surface area contributed by atoms with Gasteiger partial charge in [0.15, 0.2) is 0 Å². The van der Waals surface area contributed by atoms with E-state index in [4.69, 9.17) is 0 Å². The number of carbonyl (C=O) groups excluding carboxylic acids is 3. The van der Waals surface area contributed by atoms with Crippen molar-refractivity contribution >= 4 is 29.1 Å². The first-order chi connectivity index (χ1) is 13.7. The van der Waals surface area contributed by atoms with Crippen molar-refractivity contribution in [3.63, 3.8) is 0 Å². The molecule has 0 spiro atoms. The summed E-state index contributed by atoms with van der Waals surface area (Å²) in [5, 5.41) is 5.38. The number of rotatable bonds is 5. The third-order valence-electron chi connectivity index (χ3n) is 4.96. The molecule has 2 aromatic rings. The fourth-order valence-electron chi connectivity index (χ4n) is 3.24. The lowest BCUT2D eigenvalue weighted by Gasteiger charge is -2.19. The van der Waals surface area contributed by atoms with E-state index in [0.29, 0.717) is 17.7 Å². The summed E-state index contributed by atoms with van der Waals surface area (Å²) in [5.41, 5.74) is 3.13. The highest BCUT2D eigenvalue weighted by molar-refractivity contribution is 5.99. The Labute approximate surface area is 171 Å². The smallest absolute Gasteiger partial charge is 0.251 e. The summed E-state index contributed by atoms with van der Waals surface area (Å²) in [5.74, 6) is -0.474. The Bertz CT molecular complexity index is 896. The van der Waals surface area contributed by atoms with Crippen LogP contribution in [0.25, 0.3) is 0 Å². The van der Waals surface area contributed by atoms with E-state index in [1.54, 1.807) is 29.2 Å². The van der Waals surface area contributed by atoms with Crippen LogP contribution >= 0.6 is 0 Å². The third-order valence-corrected chi connectivity index (χ3v) is 4.96. The van der Waals surface area contributed by atoms with Gasteiger partial charge in [-0.1, -0.05) is 32.9 Å². The topological polar surface area (TPSA) is 78.5 Å². The number of nitrogens with one attached hydrogen (secondary N) is 2. The summed E-state index contributed by atoms with van der Waals surface area (Å²) in [6.45, 7) is 6.95. The van der Waals surface area contributed by atoms with E-state index in [1.807, 2.05) is 24.3 Å². The van der Waals surface area contributed by atoms with Crippen LogP contribution in [0.3, 0.4) is 0 Å². The molecule has 2 N–H and O–H groups in total. The average Bonchev–Trinajstić information content (AvgIpc) is 3.12. The highest BCUT2D eigenvalue weighted by Crippen LogP contribution is 2.23. The zero-order valence-electron chi connectivity index (χ0n) is 17.1. The molecule has 3 rings (SSSR count). The van der Waals surface area contributed by atoms with E-state index in [9.17, 15) is 14.4 Å². The van der Waals surface area contributed by atoms with Gasteiger partial charge in [-0.25, -0.2) is 0 Å². The predicted molar refractivity (Wildman–Crippen MR) is 114 cm³/mol. The second-order valence-corrected chi connectivity index (χ2v) is 8.25. The molecule has 1 saturated heterocycles. The fourth-order valence-corrected chi connectivity index (χ4v) is 3.24. The zero-order valence-corrected chi connectivity index (χ0v) is 17.1. The molecular formula is C23H27N3O3. The molecule has 1 aliphatic rings. The van der Waals surface area contributed by atoms with Crippen molar-refractivity contribution in [1.82, 2.24) is 5.32 Å². The van der Waals surface area contributed by atoms with Crippen molar-refractivity contribution in [3.8, 4) is 0 Å². The van der Waals surface area contributed by atoms with Crippen molar-refractivity contribution in [2.24, 2.45) is 0 Å². The Morgan fingerprint density at radius 1 is 1.00 bits per heavy atom. The van der Waals surface area contributed by atoms with E-state index in [1.165, 1.54) is 0 Å². The summed E-state index contributed by atoms with van der Waals surface area (Å²) >= 11 is 0. The lowest BCUT2D eigenvalue weighted by Crippen LogP contribution is -2.32. The number of hydrogen-bond donors (Lipinski definition) is 2. The summed E-state index contributed by atoms with van der Waals surface area (Å²) in [6, 6.07) is 14.5. The van der Waals surface area contributed by atoms with Gasteiger partial charge in [-0.05, 0) is 53.8 Å². The molecule has 0 aromatic heterocycles. The molecule has 0 radical (unpaired) electrons. The lowest BCUT2D eigenvalue weighted by atomic mass is 9.87. The zero-order chi connectivity index (χ0) is 21.0. The number of amides is 3. The van der Waals surface area contributed by atoms with Crippen LogP contribution in [0, 0.1) is 0 Å². The van der Waals surface area contributed by atoms with E-state index >= 15 is 0 Å². The van der Waals surface area contributed by atoms with Crippen molar-refractivity contribution in [1.29, 1.82) is 0 Å². The van der Waals surface area contributed by atoms with Gasteiger partial charge < -0.3 is 15.5 Å². The largest absolute Gasteiger partial charge is 0.343 e. The average molecular weight is 393 g/mol. The lowest BCUT2D eigenvalue weighted by molar-refractivity contribution is -0.117. The molecule has 3 amide bonds. The molecule has 2 aromatic carbocycles. The second-order valence-electron chi connectivity index (χ2n) is 8.25. The van der Waals surface area contributed by atoms with Crippen molar-refractivity contribution in [2.45, 2.75) is 39.0 Å². The predicted octanol–water partition coefficient (Wildman–Crippen LogP) is 3.48. The minimum Gasteiger partial charge on any atom is -0.343 e. The van der Waals surface area contributed by atoms with Crippen LogP contribution in [0.2, 0.25) is 0 Å². The molecule has 152 valence electrons. The quantitative estimate of drug-likeness (QED) is 0.816. The molecule has 0 saturated carbocycles. The molecule has 6 heteroatoms. The third kappa shape index (κ3) is 5.22. The normalized spacial score (nSPS) is 14.0. The first-order valence-electron chi connectivity index (χ1n) is 9.83. The SMILES string of the molecule is CC(C)(C)c1ccc(C(=O)NCC(=O)Nc2ccc(N3CCCC3=O)cc2)cc1. The van der Waals surface area contributed by atoms with Gasteiger partial charge in [-0.3, -0.25) is 14.4 Å². The van der Waals surface area contributed by atoms with Gasteiger partial charge in [0.25, 0.3) is 5.91 Å². The molecule has 0 unspecified atom stereocenters. The highest BCUT2D eigenvalue weighted by Gasteiger charge is 2.21. The molecule has 0 atom stereocenters. The van der Waals surface area contributed by atoms with Gasteiger partial charge in [0.05, 0.1) is 6.54 Å². The number of hydrogen-bond acceptors (Lipinski definition) is 3. The van der Waals surface area contributed by atoms with Crippen LogP contribution in [0.4, 0.5) is 11.4 Å². The second kappa shape index (κ2) is 8.47. The van der Waals surface area contributed by atoms with Crippen molar-refractivity contribution in [3.05, 3.63) is 59.7 Å². The van der Waals surface area contributed by atoms with E-state index in [2.05, 4.69) is 31.4 Å². The molecule has 1 heterocycles. The molecule has 1 aliphatic heterocycles. The minimum atomic E-state index is -0.310. The number of anilines is 2. The summed E-state index contributed by atoms with van der Waals surface area (Å²) in [7, 11) is 0. The van der Waals surface area contributed by atoms with Crippen LogP contribution in [0.15, 0.2) is 48.5 Å². The van der Waals surface area contributed by atoms with Crippen LogP contribution in [0.5, 0.6) is 0 Å². The number of benzene rings is 2. The van der Waals surface area contributed by atoms with Gasteiger partial charge in [0.2, 0.25) is 11.8 Å². The highest BCUT2D eigenvalue weighted by atomic mass is 16.2. The molecule has 0 bridgehead atoms. The maximum Gasteiger partial charge on any atom is 0.251 e. The Morgan fingerprint density at radius 2 is 1.66 bits per heavy atom.